The lowest BCUT2D eigenvalue weighted by Crippen LogP contribution is -2.49. The zero-order valence-electron chi connectivity index (χ0n) is 16.6. The highest BCUT2D eigenvalue weighted by Crippen LogP contribution is 2.31. The topological polar surface area (TPSA) is 102 Å². The van der Waals surface area contributed by atoms with E-state index in [1.165, 1.54) is 18.6 Å². The van der Waals surface area contributed by atoms with Crippen molar-refractivity contribution in [3.8, 4) is 11.5 Å². The van der Waals surface area contributed by atoms with E-state index < -0.39 is 4.92 Å². The van der Waals surface area contributed by atoms with Gasteiger partial charge in [-0.15, -0.1) is 0 Å². The molecule has 0 atom stereocenters. The summed E-state index contributed by atoms with van der Waals surface area (Å²) in [5, 5.41) is 11.6. The molecule has 156 valence electrons. The maximum absolute atomic E-state index is 12.9. The molecule has 0 unspecified atom stereocenters. The number of benzene rings is 1. The monoisotopic (exact) mass is 411 g/mol. The molecule has 2 aromatic heterocycles. The van der Waals surface area contributed by atoms with Gasteiger partial charge < -0.3 is 29.4 Å². The van der Waals surface area contributed by atoms with Crippen molar-refractivity contribution in [2.75, 3.05) is 45.3 Å². The molecule has 0 spiro atoms. The molecule has 0 radical (unpaired) electrons. The van der Waals surface area contributed by atoms with Gasteiger partial charge in [-0.1, -0.05) is 6.07 Å². The standard InChI is InChI=1S/C20H21N5O5/c1-29-15-7-6-14(13-16(15)30-2)20(26)23-11-9-22(10-12-23)18-19(25(27)28)24-8-4-3-5-17(24)21-18/h3-8,13H,9-12H2,1-2H3. The van der Waals surface area contributed by atoms with E-state index in [0.29, 0.717) is 54.7 Å². The Morgan fingerprint density at radius 1 is 1.07 bits per heavy atom. The maximum Gasteiger partial charge on any atom is 0.372 e. The van der Waals surface area contributed by atoms with E-state index in [9.17, 15) is 14.9 Å². The zero-order valence-corrected chi connectivity index (χ0v) is 16.6. The summed E-state index contributed by atoms with van der Waals surface area (Å²) < 4.78 is 12.0. The Labute approximate surface area is 172 Å². The molecular weight excluding hydrogens is 390 g/mol. The van der Waals surface area contributed by atoms with Gasteiger partial charge in [-0.25, -0.2) is 0 Å². The quantitative estimate of drug-likeness (QED) is 0.468. The SMILES string of the molecule is COc1ccc(C(=O)N2CCN(c3nc4ccccn4c3[N+](=O)[O-])CC2)cc1OC. The lowest BCUT2D eigenvalue weighted by molar-refractivity contribution is -0.389. The lowest BCUT2D eigenvalue weighted by Gasteiger charge is -2.34. The average Bonchev–Trinajstić information content (AvgIpc) is 3.18. The van der Waals surface area contributed by atoms with Gasteiger partial charge >= 0.3 is 5.82 Å². The average molecular weight is 411 g/mol. The predicted octanol–water partition coefficient (Wildman–Crippen LogP) is 2.22. The summed E-state index contributed by atoms with van der Waals surface area (Å²) in [5.74, 6) is 1.18. The second-order valence-corrected chi connectivity index (χ2v) is 6.79. The summed E-state index contributed by atoms with van der Waals surface area (Å²) in [6, 6.07) is 10.3. The Balaban J connectivity index is 1.52. The number of pyridine rings is 1. The summed E-state index contributed by atoms with van der Waals surface area (Å²) in [4.78, 5) is 32.1. The molecule has 1 aliphatic rings. The van der Waals surface area contributed by atoms with Crippen LogP contribution in [0.25, 0.3) is 5.65 Å². The van der Waals surface area contributed by atoms with E-state index in [1.54, 1.807) is 47.5 Å². The first-order valence-electron chi connectivity index (χ1n) is 9.41. The van der Waals surface area contributed by atoms with Crippen molar-refractivity contribution in [3.63, 3.8) is 0 Å². The Morgan fingerprint density at radius 2 is 1.80 bits per heavy atom. The number of hydrogen-bond acceptors (Lipinski definition) is 7. The molecule has 10 nitrogen and oxygen atoms in total. The number of ether oxygens (including phenoxy) is 2. The molecule has 1 amide bonds. The summed E-state index contributed by atoms with van der Waals surface area (Å²) in [6.45, 7) is 1.75. The number of fused-ring (bicyclic) bond motifs is 1. The molecule has 1 saturated heterocycles. The van der Waals surface area contributed by atoms with Crippen molar-refractivity contribution in [2.24, 2.45) is 0 Å². The van der Waals surface area contributed by atoms with Crippen LogP contribution in [0.15, 0.2) is 42.6 Å². The molecule has 1 aromatic carbocycles. The molecule has 10 heteroatoms. The van der Waals surface area contributed by atoms with Crippen molar-refractivity contribution in [1.29, 1.82) is 0 Å². The maximum atomic E-state index is 12.9. The number of amides is 1. The molecular formula is C20H21N5O5. The fraction of sp³-hybridized carbons (Fsp3) is 0.300. The Morgan fingerprint density at radius 3 is 2.47 bits per heavy atom. The Hall–Kier alpha value is -3.82. The number of methoxy groups -OCH3 is 2. The van der Waals surface area contributed by atoms with E-state index in [-0.39, 0.29) is 11.7 Å². The van der Waals surface area contributed by atoms with Crippen LogP contribution >= 0.6 is 0 Å². The number of anilines is 1. The minimum Gasteiger partial charge on any atom is -0.493 e. The highest BCUT2D eigenvalue weighted by molar-refractivity contribution is 5.95. The second kappa shape index (κ2) is 7.90. The molecule has 0 bridgehead atoms. The fourth-order valence-corrected chi connectivity index (χ4v) is 3.63. The third-order valence-corrected chi connectivity index (χ3v) is 5.16. The molecule has 1 aliphatic heterocycles. The largest absolute Gasteiger partial charge is 0.493 e. The van der Waals surface area contributed by atoms with Gasteiger partial charge in [0.1, 0.15) is 0 Å². The van der Waals surface area contributed by atoms with Crippen molar-refractivity contribution >= 4 is 23.2 Å². The van der Waals surface area contributed by atoms with E-state index in [4.69, 9.17) is 9.47 Å². The number of rotatable bonds is 5. The summed E-state index contributed by atoms with van der Waals surface area (Å²) in [7, 11) is 3.06. The second-order valence-electron chi connectivity index (χ2n) is 6.79. The van der Waals surface area contributed by atoms with Gasteiger partial charge in [0.15, 0.2) is 11.5 Å². The van der Waals surface area contributed by atoms with Gasteiger partial charge in [-0.3, -0.25) is 4.79 Å². The molecule has 0 N–H and O–H groups in total. The molecule has 0 aliphatic carbocycles. The summed E-state index contributed by atoms with van der Waals surface area (Å²) in [6.07, 6.45) is 1.63. The Kier molecular flexibility index (Phi) is 5.13. The number of hydrogen-bond donors (Lipinski definition) is 0. The van der Waals surface area contributed by atoms with Crippen LogP contribution < -0.4 is 14.4 Å². The molecule has 0 saturated carbocycles. The molecule has 3 aromatic rings. The van der Waals surface area contributed by atoms with E-state index >= 15 is 0 Å². The number of piperazine rings is 1. The van der Waals surface area contributed by atoms with Gasteiger partial charge in [0, 0.05) is 37.8 Å². The first-order valence-corrected chi connectivity index (χ1v) is 9.41. The van der Waals surface area contributed by atoms with Crippen LogP contribution in [0.5, 0.6) is 11.5 Å². The van der Waals surface area contributed by atoms with Gasteiger partial charge in [-0.05, 0) is 29.2 Å². The van der Waals surface area contributed by atoms with Crippen LogP contribution in [0.1, 0.15) is 10.4 Å². The normalized spacial score (nSPS) is 14.1. The number of aromatic nitrogens is 2. The van der Waals surface area contributed by atoms with Crippen molar-refractivity contribution in [1.82, 2.24) is 14.3 Å². The van der Waals surface area contributed by atoms with Crippen LogP contribution in [0, 0.1) is 10.1 Å². The van der Waals surface area contributed by atoms with Crippen LogP contribution in [0.4, 0.5) is 11.6 Å². The molecule has 1 fully saturated rings. The Bertz CT molecular complexity index is 1100. The fourth-order valence-electron chi connectivity index (χ4n) is 3.63. The number of carbonyl (C=O) groups is 1. The smallest absolute Gasteiger partial charge is 0.372 e. The van der Waals surface area contributed by atoms with Crippen LogP contribution in [0.2, 0.25) is 0 Å². The number of nitrogens with zero attached hydrogens (tertiary/aromatic N) is 5. The number of imidazole rings is 1. The third kappa shape index (κ3) is 3.36. The van der Waals surface area contributed by atoms with Gasteiger partial charge in [0.2, 0.25) is 11.5 Å². The van der Waals surface area contributed by atoms with Crippen LogP contribution in [-0.4, -0.2) is 65.5 Å². The van der Waals surface area contributed by atoms with E-state index in [1.807, 2.05) is 4.90 Å². The number of nitro groups is 1. The van der Waals surface area contributed by atoms with Crippen molar-refractivity contribution in [2.45, 2.75) is 0 Å². The number of carbonyl (C=O) groups excluding carboxylic acids is 1. The van der Waals surface area contributed by atoms with E-state index in [0.717, 1.165) is 0 Å². The van der Waals surface area contributed by atoms with Gasteiger partial charge in [0.05, 0.1) is 20.4 Å². The minimum atomic E-state index is -0.420. The first kappa shape index (κ1) is 19.5. The highest BCUT2D eigenvalue weighted by Gasteiger charge is 2.30. The molecule has 3 heterocycles. The summed E-state index contributed by atoms with van der Waals surface area (Å²) >= 11 is 0. The van der Waals surface area contributed by atoms with Crippen LogP contribution in [-0.2, 0) is 0 Å². The van der Waals surface area contributed by atoms with Crippen molar-refractivity contribution in [3.05, 3.63) is 58.3 Å². The van der Waals surface area contributed by atoms with Gasteiger partial charge in [0.25, 0.3) is 5.91 Å². The third-order valence-electron chi connectivity index (χ3n) is 5.16. The predicted molar refractivity (Wildman–Crippen MR) is 110 cm³/mol. The molecule has 4 rings (SSSR count). The highest BCUT2D eigenvalue weighted by atomic mass is 16.6. The van der Waals surface area contributed by atoms with Crippen molar-refractivity contribution < 1.29 is 19.2 Å². The lowest BCUT2D eigenvalue weighted by atomic mass is 10.1. The van der Waals surface area contributed by atoms with E-state index in [2.05, 4.69) is 4.98 Å². The van der Waals surface area contributed by atoms with Gasteiger partial charge in [-0.2, -0.15) is 9.38 Å². The van der Waals surface area contributed by atoms with Crippen LogP contribution in [0.3, 0.4) is 0 Å². The first-order chi connectivity index (χ1) is 14.5. The minimum absolute atomic E-state index is 0.0646. The summed E-state index contributed by atoms with van der Waals surface area (Å²) in [5.41, 5.74) is 1.02. The zero-order chi connectivity index (χ0) is 21.3. The molecule has 30 heavy (non-hydrogen) atoms.